The number of anilines is 3. The van der Waals surface area contributed by atoms with Crippen LogP contribution in [0.2, 0.25) is 0 Å². The van der Waals surface area contributed by atoms with Gasteiger partial charge in [0.05, 0.1) is 12.7 Å². The fourth-order valence-electron chi connectivity index (χ4n) is 2.08. The standard InChI is InChI=1S/C17H22N4O2/c1-3-4-5-10-18-15-9-11-19-17(21-15)20-14-8-6-7-13(12-14)16(22)23-2/h6-9,11-12H,3-5,10H2,1-2H3,(H2,18,19,20,21). The summed E-state index contributed by atoms with van der Waals surface area (Å²) >= 11 is 0. The lowest BCUT2D eigenvalue weighted by molar-refractivity contribution is 0.0601. The van der Waals surface area contributed by atoms with Crippen LogP contribution in [-0.4, -0.2) is 29.6 Å². The predicted octanol–water partition coefficient (Wildman–Crippen LogP) is 3.61. The van der Waals surface area contributed by atoms with Crippen LogP contribution in [0.5, 0.6) is 0 Å². The first kappa shape index (κ1) is 16.7. The molecular weight excluding hydrogens is 292 g/mol. The second-order valence-electron chi connectivity index (χ2n) is 5.10. The number of nitrogens with one attached hydrogen (secondary N) is 2. The fourth-order valence-corrected chi connectivity index (χ4v) is 2.08. The van der Waals surface area contributed by atoms with Gasteiger partial charge in [-0.05, 0) is 30.7 Å². The molecular formula is C17H22N4O2. The lowest BCUT2D eigenvalue weighted by Crippen LogP contribution is -2.06. The first-order chi connectivity index (χ1) is 11.2. The molecule has 2 rings (SSSR count). The number of rotatable bonds is 8. The smallest absolute Gasteiger partial charge is 0.337 e. The third-order valence-corrected chi connectivity index (χ3v) is 3.28. The van der Waals surface area contributed by atoms with Crippen LogP contribution in [0.4, 0.5) is 17.5 Å². The van der Waals surface area contributed by atoms with Crippen molar-refractivity contribution in [3.8, 4) is 0 Å². The SMILES string of the molecule is CCCCCNc1ccnc(Nc2cccc(C(=O)OC)c2)n1. The second-order valence-corrected chi connectivity index (χ2v) is 5.10. The van der Waals surface area contributed by atoms with Crippen LogP contribution < -0.4 is 10.6 Å². The summed E-state index contributed by atoms with van der Waals surface area (Å²) in [5.41, 5.74) is 1.21. The van der Waals surface area contributed by atoms with Gasteiger partial charge in [0.1, 0.15) is 5.82 Å². The van der Waals surface area contributed by atoms with Crippen molar-refractivity contribution in [1.82, 2.24) is 9.97 Å². The highest BCUT2D eigenvalue weighted by Gasteiger charge is 2.06. The van der Waals surface area contributed by atoms with Crippen molar-refractivity contribution in [2.24, 2.45) is 0 Å². The number of carbonyl (C=O) groups is 1. The minimum absolute atomic E-state index is 0.374. The molecule has 0 radical (unpaired) electrons. The second kappa shape index (κ2) is 8.73. The molecule has 1 heterocycles. The van der Waals surface area contributed by atoms with Gasteiger partial charge in [0.15, 0.2) is 0 Å². The van der Waals surface area contributed by atoms with E-state index in [0.717, 1.165) is 24.5 Å². The van der Waals surface area contributed by atoms with E-state index < -0.39 is 0 Å². The summed E-state index contributed by atoms with van der Waals surface area (Å²) in [4.78, 5) is 20.2. The molecule has 122 valence electrons. The lowest BCUT2D eigenvalue weighted by Gasteiger charge is -2.09. The lowest BCUT2D eigenvalue weighted by atomic mass is 10.2. The molecule has 0 aliphatic carbocycles. The van der Waals surface area contributed by atoms with Gasteiger partial charge in [-0.1, -0.05) is 25.8 Å². The summed E-state index contributed by atoms with van der Waals surface area (Å²) in [5.74, 6) is 0.885. The first-order valence-corrected chi connectivity index (χ1v) is 7.75. The molecule has 0 bridgehead atoms. The minimum Gasteiger partial charge on any atom is -0.465 e. The molecule has 0 spiro atoms. The number of nitrogens with zero attached hydrogens (tertiary/aromatic N) is 2. The Balaban J connectivity index is 2.01. The molecule has 0 unspecified atom stereocenters. The predicted molar refractivity (Wildman–Crippen MR) is 91.1 cm³/mol. The molecule has 0 saturated heterocycles. The maximum absolute atomic E-state index is 11.6. The van der Waals surface area contributed by atoms with Gasteiger partial charge in [-0.15, -0.1) is 0 Å². The van der Waals surface area contributed by atoms with Gasteiger partial charge >= 0.3 is 5.97 Å². The number of ether oxygens (including phenoxy) is 1. The monoisotopic (exact) mass is 314 g/mol. The number of aromatic nitrogens is 2. The Hall–Kier alpha value is -2.63. The van der Waals surface area contributed by atoms with E-state index in [9.17, 15) is 4.79 Å². The van der Waals surface area contributed by atoms with Crippen LogP contribution in [-0.2, 0) is 4.74 Å². The fraction of sp³-hybridized carbons (Fsp3) is 0.353. The van der Waals surface area contributed by atoms with Crippen LogP contribution in [0.1, 0.15) is 36.5 Å². The van der Waals surface area contributed by atoms with Gasteiger partial charge < -0.3 is 15.4 Å². The van der Waals surface area contributed by atoms with E-state index in [1.807, 2.05) is 12.1 Å². The van der Waals surface area contributed by atoms with Crippen molar-refractivity contribution in [3.05, 3.63) is 42.1 Å². The maximum Gasteiger partial charge on any atom is 0.337 e. The van der Waals surface area contributed by atoms with Crippen LogP contribution in [0.25, 0.3) is 0 Å². The summed E-state index contributed by atoms with van der Waals surface area (Å²) in [6.45, 7) is 3.07. The molecule has 6 heteroatoms. The number of benzene rings is 1. The number of hydrogen-bond acceptors (Lipinski definition) is 6. The first-order valence-electron chi connectivity index (χ1n) is 7.75. The van der Waals surface area contributed by atoms with Gasteiger partial charge in [0.25, 0.3) is 0 Å². The van der Waals surface area contributed by atoms with Crippen molar-refractivity contribution < 1.29 is 9.53 Å². The Labute approximate surface area is 136 Å². The molecule has 2 N–H and O–H groups in total. The Kier molecular flexibility index (Phi) is 6.35. The van der Waals surface area contributed by atoms with Crippen molar-refractivity contribution in [1.29, 1.82) is 0 Å². The van der Waals surface area contributed by atoms with E-state index in [0.29, 0.717) is 11.5 Å². The number of hydrogen-bond donors (Lipinski definition) is 2. The molecule has 6 nitrogen and oxygen atoms in total. The molecule has 0 fully saturated rings. The van der Waals surface area contributed by atoms with E-state index in [-0.39, 0.29) is 5.97 Å². The Bertz CT molecular complexity index is 646. The third kappa shape index (κ3) is 5.25. The summed E-state index contributed by atoms with van der Waals surface area (Å²) in [5, 5.41) is 6.37. The molecule has 23 heavy (non-hydrogen) atoms. The van der Waals surface area contributed by atoms with Crippen molar-refractivity contribution in [3.63, 3.8) is 0 Å². The Morgan fingerprint density at radius 3 is 2.91 bits per heavy atom. The molecule has 0 aliphatic heterocycles. The van der Waals surface area contributed by atoms with E-state index in [1.54, 1.807) is 24.4 Å². The average Bonchev–Trinajstić information content (AvgIpc) is 2.58. The molecule has 0 atom stereocenters. The third-order valence-electron chi connectivity index (χ3n) is 3.28. The topological polar surface area (TPSA) is 76.1 Å². The van der Waals surface area contributed by atoms with Gasteiger partial charge in [-0.2, -0.15) is 4.98 Å². The molecule has 0 amide bonds. The minimum atomic E-state index is -0.374. The summed E-state index contributed by atoms with van der Waals surface area (Å²) in [6, 6.07) is 8.86. The maximum atomic E-state index is 11.6. The molecule has 0 aliphatic rings. The molecule has 2 aromatic rings. The molecule has 1 aromatic carbocycles. The van der Waals surface area contributed by atoms with E-state index in [4.69, 9.17) is 4.74 Å². The zero-order chi connectivity index (χ0) is 16.5. The summed E-state index contributed by atoms with van der Waals surface area (Å²) in [6.07, 6.45) is 5.20. The average molecular weight is 314 g/mol. The number of carbonyl (C=O) groups excluding carboxylic acids is 1. The van der Waals surface area contributed by atoms with Crippen LogP contribution in [0.3, 0.4) is 0 Å². The van der Waals surface area contributed by atoms with E-state index in [2.05, 4.69) is 27.5 Å². The van der Waals surface area contributed by atoms with Crippen LogP contribution >= 0.6 is 0 Å². The Morgan fingerprint density at radius 1 is 1.26 bits per heavy atom. The summed E-state index contributed by atoms with van der Waals surface area (Å²) in [7, 11) is 1.36. The quantitative estimate of drug-likeness (QED) is 0.572. The number of unbranched alkanes of at least 4 members (excludes halogenated alkanes) is 2. The van der Waals surface area contributed by atoms with Crippen LogP contribution in [0.15, 0.2) is 36.5 Å². The molecule has 0 saturated carbocycles. The van der Waals surface area contributed by atoms with E-state index in [1.165, 1.54) is 20.0 Å². The summed E-state index contributed by atoms with van der Waals surface area (Å²) < 4.78 is 4.72. The van der Waals surface area contributed by atoms with Crippen molar-refractivity contribution in [2.45, 2.75) is 26.2 Å². The zero-order valence-corrected chi connectivity index (χ0v) is 13.5. The highest BCUT2D eigenvalue weighted by Crippen LogP contribution is 2.16. The van der Waals surface area contributed by atoms with Crippen molar-refractivity contribution in [2.75, 3.05) is 24.3 Å². The van der Waals surface area contributed by atoms with E-state index >= 15 is 0 Å². The van der Waals surface area contributed by atoms with Gasteiger partial charge in [0.2, 0.25) is 5.95 Å². The normalized spacial score (nSPS) is 10.2. The molecule has 1 aromatic heterocycles. The van der Waals surface area contributed by atoms with Gasteiger partial charge in [0, 0.05) is 18.4 Å². The van der Waals surface area contributed by atoms with Crippen LogP contribution in [0, 0.1) is 0 Å². The zero-order valence-electron chi connectivity index (χ0n) is 13.5. The van der Waals surface area contributed by atoms with Crippen molar-refractivity contribution >= 4 is 23.4 Å². The van der Waals surface area contributed by atoms with Gasteiger partial charge in [-0.3, -0.25) is 0 Å². The highest BCUT2D eigenvalue weighted by molar-refractivity contribution is 5.90. The Morgan fingerprint density at radius 2 is 2.13 bits per heavy atom. The highest BCUT2D eigenvalue weighted by atomic mass is 16.5. The largest absolute Gasteiger partial charge is 0.465 e. The number of esters is 1. The van der Waals surface area contributed by atoms with Gasteiger partial charge in [-0.25, -0.2) is 9.78 Å². The number of methoxy groups -OCH3 is 1.